The summed E-state index contributed by atoms with van der Waals surface area (Å²) in [6, 6.07) is 12.0. The summed E-state index contributed by atoms with van der Waals surface area (Å²) in [5, 5.41) is 9.99. The molecule has 0 aromatic heterocycles. The smallest absolute Gasteiger partial charge is 0.407 e. The van der Waals surface area contributed by atoms with Gasteiger partial charge < -0.3 is 30.7 Å². The third-order valence-corrected chi connectivity index (χ3v) is 6.69. The number of alkyl carbamates (subject to hydrolysis) is 1. The number of hydrogen-bond donors (Lipinski definition) is 4. The molecule has 4 unspecified atom stereocenters. The zero-order chi connectivity index (χ0) is 31.2. The molecule has 3 rings (SSSR count). The molecule has 4 N–H and O–H groups in total. The van der Waals surface area contributed by atoms with Gasteiger partial charge in [0.15, 0.2) is 0 Å². The third kappa shape index (κ3) is 8.31. The first-order valence-corrected chi connectivity index (χ1v) is 13.9. The fourth-order valence-corrected chi connectivity index (χ4v) is 4.48. The molecule has 2 aromatic carbocycles. The number of amides is 4. The quantitative estimate of drug-likeness (QED) is 0.316. The molecule has 0 radical (unpaired) electrons. The third-order valence-electron chi connectivity index (χ3n) is 6.69. The second kappa shape index (κ2) is 13.5. The van der Waals surface area contributed by atoms with Gasteiger partial charge in [0, 0.05) is 5.92 Å². The van der Waals surface area contributed by atoms with E-state index in [0.717, 1.165) is 22.3 Å². The van der Waals surface area contributed by atoms with Gasteiger partial charge in [0.2, 0.25) is 17.7 Å². The van der Waals surface area contributed by atoms with Crippen molar-refractivity contribution >= 4 is 29.8 Å². The van der Waals surface area contributed by atoms with E-state index in [1.807, 2.05) is 48.5 Å². The minimum Gasteiger partial charge on any atom is -0.458 e. The molecule has 0 spiro atoms. The first kappa shape index (κ1) is 32.1. The predicted octanol–water partition coefficient (Wildman–Crippen LogP) is 2.77. The van der Waals surface area contributed by atoms with Crippen LogP contribution in [0.4, 0.5) is 4.79 Å². The number of fused-ring (bicyclic) bond motifs is 3. The molecule has 11 heteroatoms. The highest BCUT2D eigenvalue weighted by molar-refractivity contribution is 5.94. The molecule has 4 amide bonds. The number of hydrogen-bond acceptors (Lipinski definition) is 7. The summed E-state index contributed by atoms with van der Waals surface area (Å²) in [7, 11) is 0. The Labute approximate surface area is 246 Å². The highest BCUT2D eigenvalue weighted by atomic mass is 16.6. The van der Waals surface area contributed by atoms with E-state index in [2.05, 4.69) is 21.3 Å². The van der Waals surface area contributed by atoms with Gasteiger partial charge in [0.05, 0.1) is 0 Å². The van der Waals surface area contributed by atoms with Crippen LogP contribution < -0.4 is 21.3 Å². The molecule has 1 aliphatic carbocycles. The summed E-state index contributed by atoms with van der Waals surface area (Å²) in [4.78, 5) is 62.3. The first-order valence-electron chi connectivity index (χ1n) is 13.9. The summed E-state index contributed by atoms with van der Waals surface area (Å²) in [6.07, 6.45) is -0.763. The van der Waals surface area contributed by atoms with Gasteiger partial charge >= 0.3 is 12.1 Å². The van der Waals surface area contributed by atoms with Crippen LogP contribution in [-0.4, -0.2) is 66.2 Å². The highest BCUT2D eigenvalue weighted by Gasteiger charge is 2.30. The van der Waals surface area contributed by atoms with Crippen LogP contribution in [0, 0.1) is 0 Å². The summed E-state index contributed by atoms with van der Waals surface area (Å²) >= 11 is 0. The van der Waals surface area contributed by atoms with Gasteiger partial charge in [-0.2, -0.15) is 0 Å². The monoisotopic (exact) mass is 580 g/mol. The molecular formula is C31H40N4O7. The van der Waals surface area contributed by atoms with Gasteiger partial charge in [0.25, 0.3) is 0 Å². The van der Waals surface area contributed by atoms with E-state index in [9.17, 15) is 24.0 Å². The Hall–Kier alpha value is -4.41. The number of carbonyl (C=O) groups is 5. The van der Waals surface area contributed by atoms with Crippen molar-refractivity contribution in [2.24, 2.45) is 0 Å². The zero-order valence-corrected chi connectivity index (χ0v) is 25.1. The minimum absolute atomic E-state index is 0.0967. The van der Waals surface area contributed by atoms with Crippen molar-refractivity contribution in [1.29, 1.82) is 0 Å². The van der Waals surface area contributed by atoms with E-state index >= 15 is 0 Å². The summed E-state index contributed by atoms with van der Waals surface area (Å²) in [5.74, 6) is -2.55. The Morgan fingerprint density at radius 1 is 0.667 bits per heavy atom. The molecular weight excluding hydrogens is 540 g/mol. The lowest BCUT2D eigenvalue weighted by Gasteiger charge is -2.24. The van der Waals surface area contributed by atoms with Crippen LogP contribution in [0.25, 0.3) is 11.1 Å². The van der Waals surface area contributed by atoms with E-state index in [-0.39, 0.29) is 12.5 Å². The van der Waals surface area contributed by atoms with Crippen LogP contribution in [0.2, 0.25) is 0 Å². The van der Waals surface area contributed by atoms with Crippen molar-refractivity contribution in [3.05, 3.63) is 59.7 Å². The van der Waals surface area contributed by atoms with Crippen molar-refractivity contribution in [3.63, 3.8) is 0 Å². The van der Waals surface area contributed by atoms with Crippen LogP contribution in [0.5, 0.6) is 0 Å². The highest BCUT2D eigenvalue weighted by Crippen LogP contribution is 2.44. The Morgan fingerprint density at radius 2 is 1.07 bits per heavy atom. The van der Waals surface area contributed by atoms with Gasteiger partial charge in [-0.05, 0) is 70.7 Å². The molecule has 11 nitrogen and oxygen atoms in total. The molecule has 0 saturated heterocycles. The largest absolute Gasteiger partial charge is 0.458 e. The maximum atomic E-state index is 12.6. The number of rotatable bonds is 10. The number of esters is 1. The van der Waals surface area contributed by atoms with Gasteiger partial charge in [-0.1, -0.05) is 48.5 Å². The van der Waals surface area contributed by atoms with E-state index in [1.54, 1.807) is 20.8 Å². The molecule has 4 atom stereocenters. The van der Waals surface area contributed by atoms with Crippen LogP contribution in [0.15, 0.2) is 48.5 Å². The Kier molecular flexibility index (Phi) is 10.3. The lowest BCUT2D eigenvalue weighted by Crippen LogP contribution is -2.55. The number of nitrogens with one attached hydrogen (secondary N) is 4. The fourth-order valence-electron chi connectivity index (χ4n) is 4.48. The van der Waals surface area contributed by atoms with Crippen molar-refractivity contribution in [3.8, 4) is 11.1 Å². The molecule has 226 valence electrons. The van der Waals surface area contributed by atoms with Crippen LogP contribution in [0.1, 0.15) is 65.5 Å². The summed E-state index contributed by atoms with van der Waals surface area (Å²) in [5.41, 5.74) is 3.64. The van der Waals surface area contributed by atoms with Gasteiger partial charge in [-0.3, -0.25) is 14.4 Å². The first-order chi connectivity index (χ1) is 19.7. The molecule has 1 aliphatic rings. The van der Waals surface area contributed by atoms with E-state index in [1.165, 1.54) is 27.7 Å². The SMILES string of the molecule is CC(NC(=O)OCC1c2ccccc2-c2ccccc21)C(=O)NC(C)C(=O)NC(C)C(=O)NC(C)C(=O)OC(C)(C)C. The van der Waals surface area contributed by atoms with E-state index in [0.29, 0.717) is 0 Å². The van der Waals surface area contributed by atoms with Crippen molar-refractivity contribution in [1.82, 2.24) is 21.3 Å². The standard InChI is InChI=1S/C31H40N4O7/c1-17(26(36)32-18(2)27(37)34-20(4)29(39)42-31(5,6)7)33-28(38)19(3)35-30(40)41-16-25-23-14-10-8-12-21(23)22-13-9-11-15-24(22)25/h8-15,17-20,25H,16H2,1-7H3,(H,32,36)(H,33,38)(H,34,37)(H,35,40). The maximum Gasteiger partial charge on any atom is 0.407 e. The maximum absolute atomic E-state index is 12.6. The van der Waals surface area contributed by atoms with Crippen LogP contribution in [-0.2, 0) is 28.7 Å². The van der Waals surface area contributed by atoms with E-state index in [4.69, 9.17) is 9.47 Å². The number of ether oxygens (including phenoxy) is 2. The zero-order valence-electron chi connectivity index (χ0n) is 25.1. The van der Waals surface area contributed by atoms with Gasteiger partial charge in [0.1, 0.15) is 36.4 Å². The lowest BCUT2D eigenvalue weighted by molar-refractivity contribution is -0.158. The average molecular weight is 581 g/mol. The fraction of sp³-hybridized carbons (Fsp3) is 0.452. The summed E-state index contributed by atoms with van der Waals surface area (Å²) in [6.45, 7) is 11.1. The van der Waals surface area contributed by atoms with Crippen molar-refractivity contribution in [2.75, 3.05) is 6.61 Å². The van der Waals surface area contributed by atoms with Gasteiger partial charge in [-0.15, -0.1) is 0 Å². The number of benzene rings is 2. The van der Waals surface area contributed by atoms with Crippen LogP contribution in [0.3, 0.4) is 0 Å². The van der Waals surface area contributed by atoms with Gasteiger partial charge in [-0.25, -0.2) is 9.59 Å². The second-order valence-corrected chi connectivity index (χ2v) is 11.4. The molecule has 0 saturated carbocycles. The Balaban J connectivity index is 1.44. The lowest BCUT2D eigenvalue weighted by atomic mass is 9.98. The summed E-state index contributed by atoms with van der Waals surface area (Å²) < 4.78 is 10.7. The van der Waals surface area contributed by atoms with E-state index < -0.39 is 59.6 Å². The Bertz CT molecular complexity index is 1290. The van der Waals surface area contributed by atoms with Crippen molar-refractivity contribution < 1.29 is 33.4 Å². The second-order valence-electron chi connectivity index (χ2n) is 11.4. The molecule has 2 aromatic rings. The molecule has 0 fully saturated rings. The normalized spacial score (nSPS) is 15.1. The number of carbonyl (C=O) groups excluding carboxylic acids is 5. The Morgan fingerprint density at radius 3 is 1.52 bits per heavy atom. The molecule has 0 heterocycles. The van der Waals surface area contributed by atoms with Crippen LogP contribution >= 0.6 is 0 Å². The molecule has 42 heavy (non-hydrogen) atoms. The molecule has 0 aliphatic heterocycles. The topological polar surface area (TPSA) is 152 Å². The molecule has 0 bridgehead atoms. The predicted molar refractivity (Wildman–Crippen MR) is 156 cm³/mol. The van der Waals surface area contributed by atoms with Crippen molar-refractivity contribution in [2.45, 2.75) is 84.2 Å². The average Bonchev–Trinajstić information content (AvgIpc) is 3.24. The minimum atomic E-state index is -1.01.